The normalized spacial score (nSPS) is 12.0. The average molecular weight is 299 g/mol. The molecule has 4 heteroatoms. The van der Waals surface area contributed by atoms with Crippen molar-refractivity contribution in [1.29, 1.82) is 0 Å². The molecule has 0 saturated carbocycles. The molecule has 0 aromatic heterocycles. The molecule has 0 saturated heterocycles. The first-order chi connectivity index (χ1) is 10.1. The number of hydrogen-bond acceptors (Lipinski definition) is 3. The van der Waals surface area contributed by atoms with Gasteiger partial charge in [0, 0.05) is 19.4 Å². The van der Waals surface area contributed by atoms with Crippen LogP contribution >= 0.6 is 0 Å². The maximum atomic E-state index is 11.4. The van der Waals surface area contributed by atoms with Gasteiger partial charge in [-0.05, 0) is 25.7 Å². The lowest BCUT2D eigenvalue weighted by atomic mass is 10.1. The molecular weight excluding hydrogens is 266 g/mol. The summed E-state index contributed by atoms with van der Waals surface area (Å²) in [5, 5.41) is 2.96. The van der Waals surface area contributed by atoms with Crippen LogP contribution in [0.3, 0.4) is 0 Å². The van der Waals surface area contributed by atoms with E-state index in [0.29, 0.717) is 19.1 Å². The molecule has 0 rings (SSSR count). The zero-order chi connectivity index (χ0) is 15.9. The van der Waals surface area contributed by atoms with Crippen LogP contribution in [0, 0.1) is 0 Å². The lowest BCUT2D eigenvalue weighted by Gasteiger charge is -2.15. The molecule has 0 aromatic rings. The Labute approximate surface area is 130 Å². The molecule has 0 heterocycles. The summed E-state index contributed by atoms with van der Waals surface area (Å²) in [4.78, 5) is 22.4. The van der Waals surface area contributed by atoms with Gasteiger partial charge in [0.15, 0.2) is 0 Å². The summed E-state index contributed by atoms with van der Waals surface area (Å²) in [5.74, 6) is -0.00279. The predicted octanol–water partition coefficient (Wildman–Crippen LogP) is 3.98. The number of nitrogens with one attached hydrogen (secondary N) is 1. The lowest BCUT2D eigenvalue weighted by molar-refractivity contribution is -0.143. The number of carbonyl (C=O) groups excluding carboxylic acids is 2. The monoisotopic (exact) mass is 299 g/mol. The molecule has 0 aliphatic carbocycles. The minimum Gasteiger partial charge on any atom is -0.466 e. The molecule has 1 N–H and O–H groups in total. The largest absolute Gasteiger partial charge is 0.466 e. The first kappa shape index (κ1) is 19.9. The van der Waals surface area contributed by atoms with E-state index in [4.69, 9.17) is 4.74 Å². The SMILES string of the molecule is CCCCCC(=O)OCCCCCCC(CC)NC(C)=O. The second-order valence-electron chi connectivity index (χ2n) is 5.69. The number of amides is 1. The lowest BCUT2D eigenvalue weighted by Crippen LogP contribution is -2.32. The maximum absolute atomic E-state index is 11.4. The van der Waals surface area contributed by atoms with Crippen LogP contribution in [-0.4, -0.2) is 24.5 Å². The molecule has 124 valence electrons. The number of esters is 1. The molecule has 0 bridgehead atoms. The van der Waals surface area contributed by atoms with Gasteiger partial charge in [0.1, 0.15) is 0 Å². The summed E-state index contributed by atoms with van der Waals surface area (Å²) < 4.78 is 5.19. The van der Waals surface area contributed by atoms with E-state index >= 15 is 0 Å². The van der Waals surface area contributed by atoms with Crippen LogP contribution < -0.4 is 5.32 Å². The Morgan fingerprint density at radius 3 is 2.33 bits per heavy atom. The molecule has 4 nitrogen and oxygen atoms in total. The summed E-state index contributed by atoms with van der Waals surface area (Å²) in [6.07, 6.45) is 10.0. The third kappa shape index (κ3) is 13.7. The Kier molecular flexibility index (Phi) is 13.2. The van der Waals surface area contributed by atoms with E-state index in [1.54, 1.807) is 6.92 Å². The van der Waals surface area contributed by atoms with Crippen molar-refractivity contribution < 1.29 is 14.3 Å². The molecule has 0 radical (unpaired) electrons. The van der Waals surface area contributed by atoms with Crippen molar-refractivity contribution in [3.05, 3.63) is 0 Å². The molecule has 1 unspecified atom stereocenters. The van der Waals surface area contributed by atoms with Gasteiger partial charge in [-0.3, -0.25) is 9.59 Å². The van der Waals surface area contributed by atoms with Gasteiger partial charge in [-0.25, -0.2) is 0 Å². The van der Waals surface area contributed by atoms with Gasteiger partial charge < -0.3 is 10.1 Å². The highest BCUT2D eigenvalue weighted by Crippen LogP contribution is 2.08. The minimum atomic E-state index is -0.0554. The molecule has 0 aromatic carbocycles. The highest BCUT2D eigenvalue weighted by molar-refractivity contribution is 5.73. The molecule has 0 fully saturated rings. The Bertz CT molecular complexity index is 279. The summed E-state index contributed by atoms with van der Waals surface area (Å²) >= 11 is 0. The second kappa shape index (κ2) is 13.9. The van der Waals surface area contributed by atoms with Gasteiger partial charge in [0.25, 0.3) is 0 Å². The van der Waals surface area contributed by atoms with E-state index in [0.717, 1.165) is 57.8 Å². The van der Waals surface area contributed by atoms with Crippen LogP contribution in [0.15, 0.2) is 0 Å². The van der Waals surface area contributed by atoms with Crippen molar-refractivity contribution in [2.24, 2.45) is 0 Å². The zero-order valence-electron chi connectivity index (χ0n) is 14.1. The number of rotatable bonds is 13. The van der Waals surface area contributed by atoms with E-state index in [1.807, 2.05) is 0 Å². The van der Waals surface area contributed by atoms with Crippen molar-refractivity contribution in [3.8, 4) is 0 Å². The van der Waals surface area contributed by atoms with Crippen LogP contribution in [0.1, 0.15) is 85.0 Å². The number of carbonyl (C=O) groups is 2. The fourth-order valence-electron chi connectivity index (χ4n) is 2.29. The van der Waals surface area contributed by atoms with Gasteiger partial charge in [-0.1, -0.05) is 46.0 Å². The highest BCUT2D eigenvalue weighted by atomic mass is 16.5. The maximum Gasteiger partial charge on any atom is 0.305 e. The predicted molar refractivity (Wildman–Crippen MR) is 86.1 cm³/mol. The molecular formula is C17H33NO3. The van der Waals surface area contributed by atoms with Gasteiger partial charge in [-0.2, -0.15) is 0 Å². The van der Waals surface area contributed by atoms with E-state index in [1.165, 1.54) is 0 Å². The second-order valence-corrected chi connectivity index (χ2v) is 5.69. The highest BCUT2D eigenvalue weighted by Gasteiger charge is 2.06. The van der Waals surface area contributed by atoms with Gasteiger partial charge in [-0.15, -0.1) is 0 Å². The van der Waals surface area contributed by atoms with Crippen molar-refractivity contribution in [3.63, 3.8) is 0 Å². The Hall–Kier alpha value is -1.06. The van der Waals surface area contributed by atoms with Crippen LogP contribution in [0.5, 0.6) is 0 Å². The van der Waals surface area contributed by atoms with Gasteiger partial charge >= 0.3 is 5.97 Å². The molecule has 21 heavy (non-hydrogen) atoms. The molecule has 0 aliphatic rings. The Morgan fingerprint density at radius 2 is 1.71 bits per heavy atom. The fraction of sp³-hybridized carbons (Fsp3) is 0.882. The zero-order valence-corrected chi connectivity index (χ0v) is 14.1. The number of unbranched alkanes of at least 4 members (excludes halogenated alkanes) is 5. The average Bonchev–Trinajstić information content (AvgIpc) is 2.44. The summed E-state index contributed by atoms with van der Waals surface area (Å²) in [7, 11) is 0. The molecule has 1 amide bonds. The van der Waals surface area contributed by atoms with Crippen LogP contribution in [0.4, 0.5) is 0 Å². The first-order valence-electron chi connectivity index (χ1n) is 8.52. The molecule has 0 aliphatic heterocycles. The smallest absolute Gasteiger partial charge is 0.305 e. The van der Waals surface area contributed by atoms with Crippen LogP contribution in [0.25, 0.3) is 0 Å². The number of hydrogen-bond donors (Lipinski definition) is 1. The third-order valence-electron chi connectivity index (χ3n) is 3.59. The number of ether oxygens (including phenoxy) is 1. The third-order valence-corrected chi connectivity index (χ3v) is 3.59. The molecule has 1 atom stereocenters. The van der Waals surface area contributed by atoms with E-state index in [-0.39, 0.29) is 11.9 Å². The van der Waals surface area contributed by atoms with Gasteiger partial charge in [0.05, 0.1) is 6.61 Å². The van der Waals surface area contributed by atoms with Crippen molar-refractivity contribution in [2.45, 2.75) is 91.0 Å². The van der Waals surface area contributed by atoms with Crippen molar-refractivity contribution >= 4 is 11.9 Å². The van der Waals surface area contributed by atoms with E-state index in [2.05, 4.69) is 19.2 Å². The standard InChI is InChI=1S/C17H33NO3/c1-4-6-9-13-17(20)21-14-11-8-7-10-12-16(5-2)18-15(3)19/h16H,4-14H2,1-3H3,(H,18,19). The minimum absolute atomic E-state index is 0.0526. The topological polar surface area (TPSA) is 55.4 Å². The summed E-state index contributed by atoms with van der Waals surface area (Å²) in [6, 6.07) is 0.305. The first-order valence-corrected chi connectivity index (χ1v) is 8.52. The van der Waals surface area contributed by atoms with Crippen molar-refractivity contribution in [1.82, 2.24) is 5.32 Å². The van der Waals surface area contributed by atoms with Crippen LogP contribution in [0.2, 0.25) is 0 Å². The Balaban J connectivity index is 3.39. The van der Waals surface area contributed by atoms with Crippen molar-refractivity contribution in [2.75, 3.05) is 6.61 Å². The quantitative estimate of drug-likeness (QED) is 0.413. The van der Waals surface area contributed by atoms with Gasteiger partial charge in [0.2, 0.25) is 5.91 Å². The molecule has 0 spiro atoms. The van der Waals surface area contributed by atoms with Crippen LogP contribution in [-0.2, 0) is 14.3 Å². The van der Waals surface area contributed by atoms with E-state index < -0.39 is 0 Å². The summed E-state index contributed by atoms with van der Waals surface area (Å²) in [5.41, 5.74) is 0. The fourth-order valence-corrected chi connectivity index (χ4v) is 2.29. The van der Waals surface area contributed by atoms with E-state index in [9.17, 15) is 9.59 Å². The Morgan fingerprint density at radius 1 is 1.00 bits per heavy atom. The summed E-state index contributed by atoms with van der Waals surface area (Å²) in [6.45, 7) is 6.34.